The monoisotopic (exact) mass is 387 g/mol. The standard InChI is InChI=1S/C20H31ClFNO3/c1-13-17(21)16(22)6-9-20(13,5)15(12-24)14-7-10-23(11-8-14)18(25)26-19(2,3)4/h6,9,13-15,24H,7-8,10-12H2,1-5H3/t13?,15?,20-/m0/s1. The van der Waals surface area contributed by atoms with Crippen LogP contribution in [-0.2, 0) is 4.74 Å². The van der Waals surface area contributed by atoms with E-state index in [0.29, 0.717) is 13.1 Å². The fraction of sp³-hybridized carbons (Fsp3) is 0.750. The van der Waals surface area contributed by atoms with E-state index in [1.807, 2.05) is 40.7 Å². The molecule has 1 fully saturated rings. The lowest BCUT2D eigenvalue weighted by atomic mass is 9.61. The van der Waals surface area contributed by atoms with Crippen molar-refractivity contribution in [3.8, 4) is 0 Å². The molecule has 0 bridgehead atoms. The molecule has 2 aliphatic rings. The highest BCUT2D eigenvalue weighted by molar-refractivity contribution is 6.30. The average Bonchev–Trinajstić information content (AvgIpc) is 2.56. The van der Waals surface area contributed by atoms with E-state index in [9.17, 15) is 14.3 Å². The smallest absolute Gasteiger partial charge is 0.410 e. The Kier molecular flexibility index (Phi) is 6.44. The summed E-state index contributed by atoms with van der Waals surface area (Å²) in [7, 11) is 0. The number of aliphatic hydroxyl groups is 1. The second-order valence-corrected chi connectivity index (χ2v) is 9.12. The van der Waals surface area contributed by atoms with Crippen LogP contribution >= 0.6 is 11.6 Å². The summed E-state index contributed by atoms with van der Waals surface area (Å²) in [5, 5.41) is 10.3. The van der Waals surface area contributed by atoms with Crippen molar-refractivity contribution in [1.29, 1.82) is 0 Å². The fourth-order valence-electron chi connectivity index (χ4n) is 4.07. The lowest BCUT2D eigenvalue weighted by Crippen LogP contribution is -2.47. The third kappa shape index (κ3) is 4.42. The predicted molar refractivity (Wildman–Crippen MR) is 102 cm³/mol. The van der Waals surface area contributed by atoms with E-state index in [-0.39, 0.29) is 35.5 Å². The van der Waals surface area contributed by atoms with E-state index in [1.54, 1.807) is 4.90 Å². The highest BCUT2D eigenvalue weighted by Crippen LogP contribution is 2.50. The normalized spacial score (nSPS) is 29.1. The van der Waals surface area contributed by atoms with Gasteiger partial charge in [-0.1, -0.05) is 31.5 Å². The molecule has 3 atom stereocenters. The molecule has 1 aliphatic carbocycles. The first-order chi connectivity index (χ1) is 12.0. The van der Waals surface area contributed by atoms with Gasteiger partial charge in [0.25, 0.3) is 0 Å². The zero-order chi connectivity index (χ0) is 19.7. The quantitative estimate of drug-likeness (QED) is 0.751. The van der Waals surface area contributed by atoms with Crippen molar-refractivity contribution in [2.75, 3.05) is 19.7 Å². The maximum atomic E-state index is 13.8. The van der Waals surface area contributed by atoms with Crippen molar-refractivity contribution in [3.63, 3.8) is 0 Å². The molecule has 1 N–H and O–H groups in total. The van der Waals surface area contributed by atoms with Crippen molar-refractivity contribution in [3.05, 3.63) is 23.0 Å². The third-order valence-electron chi connectivity index (χ3n) is 5.89. The van der Waals surface area contributed by atoms with E-state index in [0.717, 1.165) is 12.8 Å². The van der Waals surface area contributed by atoms with E-state index in [2.05, 4.69) is 0 Å². The maximum Gasteiger partial charge on any atom is 0.410 e. The van der Waals surface area contributed by atoms with Gasteiger partial charge in [-0.25, -0.2) is 9.18 Å². The van der Waals surface area contributed by atoms with E-state index >= 15 is 0 Å². The number of ether oxygens (including phenoxy) is 1. The van der Waals surface area contributed by atoms with Crippen LogP contribution in [0.3, 0.4) is 0 Å². The number of amides is 1. The summed E-state index contributed by atoms with van der Waals surface area (Å²) in [4.78, 5) is 14.0. The molecule has 4 nitrogen and oxygen atoms in total. The van der Waals surface area contributed by atoms with E-state index < -0.39 is 16.8 Å². The maximum absolute atomic E-state index is 13.8. The van der Waals surface area contributed by atoms with Crippen LogP contribution in [0, 0.1) is 23.2 Å². The van der Waals surface area contributed by atoms with Crippen molar-refractivity contribution in [2.45, 2.75) is 53.1 Å². The summed E-state index contributed by atoms with van der Waals surface area (Å²) in [5.74, 6) is -0.402. The molecule has 0 aromatic carbocycles. The number of halogens is 2. The average molecular weight is 388 g/mol. The fourth-order valence-corrected chi connectivity index (χ4v) is 4.36. The topological polar surface area (TPSA) is 49.8 Å². The molecule has 2 unspecified atom stereocenters. The Morgan fingerprint density at radius 2 is 2.04 bits per heavy atom. The van der Waals surface area contributed by atoms with Gasteiger partial charge in [0.05, 0.1) is 5.03 Å². The Morgan fingerprint density at radius 1 is 1.46 bits per heavy atom. The summed E-state index contributed by atoms with van der Waals surface area (Å²) < 4.78 is 19.2. The Bertz CT molecular complexity index is 590. The van der Waals surface area contributed by atoms with Gasteiger partial charge in [-0.05, 0) is 56.9 Å². The molecule has 0 saturated carbocycles. The number of piperidine rings is 1. The highest BCUT2D eigenvalue weighted by atomic mass is 35.5. The van der Waals surface area contributed by atoms with E-state index in [4.69, 9.17) is 16.3 Å². The van der Waals surface area contributed by atoms with Gasteiger partial charge < -0.3 is 14.7 Å². The second kappa shape index (κ2) is 7.89. The Hall–Kier alpha value is -1.07. The van der Waals surface area contributed by atoms with Crippen molar-refractivity contribution in [1.82, 2.24) is 4.90 Å². The Morgan fingerprint density at radius 3 is 2.54 bits per heavy atom. The minimum atomic E-state index is -0.509. The van der Waals surface area contributed by atoms with Crippen molar-refractivity contribution in [2.24, 2.45) is 23.2 Å². The van der Waals surface area contributed by atoms with Crippen LogP contribution in [0.2, 0.25) is 0 Å². The molecule has 1 heterocycles. The number of carbonyl (C=O) groups excluding carboxylic acids is 1. The second-order valence-electron chi connectivity index (χ2n) is 8.71. The van der Waals surface area contributed by atoms with Crippen LogP contribution in [-0.4, -0.2) is 41.4 Å². The largest absolute Gasteiger partial charge is 0.444 e. The summed E-state index contributed by atoms with van der Waals surface area (Å²) in [6, 6.07) is 0. The molecule has 1 aliphatic heterocycles. The molecule has 1 saturated heterocycles. The molecule has 0 radical (unpaired) electrons. The van der Waals surface area contributed by atoms with Crippen LogP contribution in [0.25, 0.3) is 0 Å². The van der Waals surface area contributed by atoms with Gasteiger partial charge in [0, 0.05) is 25.6 Å². The molecule has 1 amide bonds. The Balaban J connectivity index is 2.05. The first kappa shape index (κ1) is 21.2. The zero-order valence-electron chi connectivity index (χ0n) is 16.4. The number of nitrogens with zero attached hydrogens (tertiary/aromatic N) is 1. The number of rotatable bonds is 3. The molecule has 148 valence electrons. The number of allylic oxidation sites excluding steroid dienone is 4. The van der Waals surface area contributed by atoms with Gasteiger partial charge in [0.15, 0.2) is 0 Å². The van der Waals surface area contributed by atoms with E-state index in [1.165, 1.54) is 6.08 Å². The van der Waals surface area contributed by atoms with Crippen LogP contribution in [0.4, 0.5) is 9.18 Å². The van der Waals surface area contributed by atoms with Crippen LogP contribution < -0.4 is 0 Å². The van der Waals surface area contributed by atoms with Gasteiger partial charge in [-0.15, -0.1) is 0 Å². The SMILES string of the molecule is CC1C(Cl)=C(F)C=C[C@]1(C)C(CO)C1CCN(C(=O)OC(C)(C)C)CC1. The van der Waals surface area contributed by atoms with Crippen LogP contribution in [0.5, 0.6) is 0 Å². The van der Waals surface area contributed by atoms with Crippen molar-refractivity contribution < 1.29 is 19.0 Å². The molecule has 0 spiro atoms. The van der Waals surface area contributed by atoms with Crippen molar-refractivity contribution >= 4 is 17.7 Å². The van der Waals surface area contributed by atoms with Crippen LogP contribution in [0.15, 0.2) is 23.0 Å². The molecule has 0 aromatic rings. The molecular weight excluding hydrogens is 357 g/mol. The number of aliphatic hydroxyl groups excluding tert-OH is 1. The summed E-state index contributed by atoms with van der Waals surface area (Å²) in [6.07, 6.45) is 4.54. The van der Waals surface area contributed by atoms with Gasteiger partial charge in [0.2, 0.25) is 0 Å². The minimum absolute atomic E-state index is 0.00801. The summed E-state index contributed by atoms with van der Waals surface area (Å²) in [6.45, 7) is 10.7. The predicted octanol–water partition coefficient (Wildman–Crippen LogP) is 4.87. The number of hydrogen-bond acceptors (Lipinski definition) is 3. The minimum Gasteiger partial charge on any atom is -0.444 e. The van der Waals surface area contributed by atoms with Gasteiger partial charge in [0.1, 0.15) is 11.4 Å². The number of hydrogen-bond donors (Lipinski definition) is 1. The molecule has 26 heavy (non-hydrogen) atoms. The summed E-state index contributed by atoms with van der Waals surface area (Å²) in [5.41, 5.74) is -0.926. The third-order valence-corrected chi connectivity index (χ3v) is 6.39. The molecule has 2 rings (SSSR count). The van der Waals surface area contributed by atoms with Crippen LogP contribution in [0.1, 0.15) is 47.5 Å². The zero-order valence-corrected chi connectivity index (χ0v) is 17.1. The number of likely N-dealkylation sites (tertiary alicyclic amines) is 1. The van der Waals surface area contributed by atoms with Gasteiger partial charge >= 0.3 is 6.09 Å². The lowest BCUT2D eigenvalue weighted by molar-refractivity contribution is 0.00119. The lowest BCUT2D eigenvalue weighted by Gasteiger charge is -2.46. The molecule has 0 aromatic heterocycles. The first-order valence-electron chi connectivity index (χ1n) is 9.32. The van der Waals surface area contributed by atoms with Gasteiger partial charge in [-0.3, -0.25) is 0 Å². The summed E-state index contributed by atoms with van der Waals surface area (Å²) >= 11 is 6.17. The van der Waals surface area contributed by atoms with Gasteiger partial charge in [-0.2, -0.15) is 0 Å². The Labute approximate surface area is 161 Å². The molecule has 6 heteroatoms. The highest BCUT2D eigenvalue weighted by Gasteiger charge is 2.45. The first-order valence-corrected chi connectivity index (χ1v) is 9.70. The molecular formula is C20H31ClFNO3. The number of carbonyl (C=O) groups is 1.